The minimum absolute atomic E-state index is 0.0104. The normalized spacial score (nSPS) is 19.3. The molecule has 0 saturated carbocycles. The van der Waals surface area contributed by atoms with E-state index in [2.05, 4.69) is 10.3 Å². The van der Waals surface area contributed by atoms with E-state index < -0.39 is 30.6 Å². The van der Waals surface area contributed by atoms with Crippen LogP contribution in [0.3, 0.4) is 0 Å². The number of ether oxygens (including phenoxy) is 1. The number of alkyl halides is 3. The summed E-state index contributed by atoms with van der Waals surface area (Å²) in [4.78, 5) is 27.8. The number of primary amides is 1. The molecule has 126 valence electrons. The number of carbonyl (C=O) groups excluding carboxylic acids is 2. The zero-order valence-corrected chi connectivity index (χ0v) is 12.0. The van der Waals surface area contributed by atoms with Gasteiger partial charge in [-0.2, -0.15) is 13.2 Å². The quantitative estimate of drug-likeness (QED) is 0.831. The molecule has 0 radical (unpaired) electrons. The molecule has 1 aliphatic rings. The molecule has 7 nitrogen and oxygen atoms in total. The summed E-state index contributed by atoms with van der Waals surface area (Å²) in [6, 6.07) is 1.65. The molecule has 0 aliphatic carbocycles. The second kappa shape index (κ2) is 6.92. The number of morpholine rings is 1. The molecule has 0 aromatic carbocycles. The third-order valence-electron chi connectivity index (χ3n) is 3.21. The average molecular weight is 332 g/mol. The van der Waals surface area contributed by atoms with Crippen LogP contribution in [0.5, 0.6) is 0 Å². The summed E-state index contributed by atoms with van der Waals surface area (Å²) in [6.45, 7) is -1.17. The van der Waals surface area contributed by atoms with Crippen LogP contribution in [-0.4, -0.2) is 60.2 Å². The van der Waals surface area contributed by atoms with Gasteiger partial charge in [0.15, 0.2) is 0 Å². The molecular weight excluding hydrogens is 317 g/mol. The zero-order valence-electron chi connectivity index (χ0n) is 12.0. The molecule has 2 rings (SSSR count). The van der Waals surface area contributed by atoms with Gasteiger partial charge in [-0.25, -0.2) is 4.98 Å². The molecule has 0 bridgehead atoms. The molecule has 1 aromatic heterocycles. The molecule has 23 heavy (non-hydrogen) atoms. The molecule has 1 aromatic rings. The predicted octanol–water partition coefficient (Wildman–Crippen LogP) is 0.382. The number of nitrogens with zero attached hydrogens (tertiary/aromatic N) is 2. The highest BCUT2D eigenvalue weighted by Crippen LogP contribution is 2.20. The summed E-state index contributed by atoms with van der Waals surface area (Å²) in [6.07, 6.45) is -3.20. The van der Waals surface area contributed by atoms with Crippen molar-refractivity contribution in [2.75, 3.05) is 31.6 Å². The van der Waals surface area contributed by atoms with Crippen LogP contribution in [-0.2, 0) is 9.53 Å². The molecule has 1 aliphatic heterocycles. The fraction of sp³-hybridized carbons (Fsp3) is 0.462. The van der Waals surface area contributed by atoms with E-state index in [4.69, 9.17) is 10.5 Å². The van der Waals surface area contributed by atoms with E-state index >= 15 is 0 Å². The highest BCUT2D eigenvalue weighted by atomic mass is 19.4. The Kier molecular flexibility index (Phi) is 5.16. The lowest BCUT2D eigenvalue weighted by Gasteiger charge is -2.34. The number of halogens is 3. The van der Waals surface area contributed by atoms with Crippen molar-refractivity contribution < 1.29 is 27.5 Å². The number of rotatable bonds is 4. The molecule has 10 heteroatoms. The summed E-state index contributed by atoms with van der Waals surface area (Å²) in [5.74, 6) is -1.36. The van der Waals surface area contributed by atoms with Crippen LogP contribution >= 0.6 is 0 Å². The predicted molar refractivity (Wildman–Crippen MR) is 73.6 cm³/mol. The number of hydrogen-bond acceptors (Lipinski definition) is 5. The molecule has 1 atom stereocenters. The van der Waals surface area contributed by atoms with Crippen molar-refractivity contribution in [1.29, 1.82) is 0 Å². The lowest BCUT2D eigenvalue weighted by molar-refractivity contribution is -0.165. The molecule has 2 amide bonds. The Balaban J connectivity index is 2.03. The number of carbonyl (C=O) groups is 2. The topological polar surface area (TPSA) is 97.5 Å². The maximum absolute atomic E-state index is 12.6. The second-order valence-corrected chi connectivity index (χ2v) is 4.96. The van der Waals surface area contributed by atoms with Crippen LogP contribution in [0.2, 0.25) is 0 Å². The lowest BCUT2D eigenvalue weighted by Crippen LogP contribution is -2.54. The van der Waals surface area contributed by atoms with Gasteiger partial charge in [-0.05, 0) is 12.1 Å². The van der Waals surface area contributed by atoms with Crippen molar-refractivity contribution in [3.63, 3.8) is 0 Å². The fourth-order valence-corrected chi connectivity index (χ4v) is 2.14. The van der Waals surface area contributed by atoms with Gasteiger partial charge in [-0.1, -0.05) is 0 Å². The summed E-state index contributed by atoms with van der Waals surface area (Å²) in [7, 11) is 0. The minimum atomic E-state index is -4.40. The first-order valence-corrected chi connectivity index (χ1v) is 6.71. The van der Waals surface area contributed by atoms with Crippen LogP contribution in [0.4, 0.5) is 18.9 Å². The second-order valence-electron chi connectivity index (χ2n) is 4.96. The van der Waals surface area contributed by atoms with Gasteiger partial charge in [-0.15, -0.1) is 0 Å². The van der Waals surface area contributed by atoms with E-state index in [-0.39, 0.29) is 31.1 Å². The van der Waals surface area contributed by atoms with Crippen molar-refractivity contribution in [2.45, 2.75) is 12.2 Å². The molecule has 1 fully saturated rings. The van der Waals surface area contributed by atoms with E-state index in [1.54, 1.807) is 0 Å². The van der Waals surface area contributed by atoms with E-state index in [1.165, 1.54) is 18.3 Å². The Labute approximate surface area is 129 Å². The number of nitrogens with two attached hydrogens (primary N) is 1. The molecule has 2 heterocycles. The Morgan fingerprint density at radius 1 is 1.43 bits per heavy atom. The van der Waals surface area contributed by atoms with Crippen molar-refractivity contribution in [2.24, 2.45) is 5.73 Å². The molecule has 3 N–H and O–H groups in total. The van der Waals surface area contributed by atoms with Crippen LogP contribution in [0.25, 0.3) is 0 Å². The Morgan fingerprint density at radius 3 is 2.74 bits per heavy atom. The van der Waals surface area contributed by atoms with Crippen LogP contribution in [0.15, 0.2) is 18.3 Å². The van der Waals surface area contributed by atoms with E-state index in [1.807, 2.05) is 0 Å². The number of aromatic nitrogens is 1. The first kappa shape index (κ1) is 17.2. The van der Waals surface area contributed by atoms with E-state index in [9.17, 15) is 22.8 Å². The summed E-state index contributed by atoms with van der Waals surface area (Å²) < 4.78 is 42.8. The lowest BCUT2D eigenvalue weighted by atomic mass is 10.2. The van der Waals surface area contributed by atoms with Gasteiger partial charge in [0, 0.05) is 6.54 Å². The van der Waals surface area contributed by atoms with Gasteiger partial charge in [0.05, 0.1) is 31.6 Å². The van der Waals surface area contributed by atoms with E-state index in [0.717, 1.165) is 4.90 Å². The highest BCUT2D eigenvalue weighted by Gasteiger charge is 2.38. The smallest absolute Gasteiger partial charge is 0.378 e. The van der Waals surface area contributed by atoms with Gasteiger partial charge in [0.25, 0.3) is 5.91 Å². The Morgan fingerprint density at radius 2 is 2.17 bits per heavy atom. The van der Waals surface area contributed by atoms with Crippen LogP contribution in [0.1, 0.15) is 10.5 Å². The SMILES string of the molecule is NC(=O)c1ccc(NC(=O)[C@@H]2COCCN2CC(F)(F)F)cn1. The maximum atomic E-state index is 12.6. The Bertz CT molecular complexity index is 577. The summed E-state index contributed by atoms with van der Waals surface area (Å²) in [5.41, 5.74) is 5.30. The number of amides is 2. The summed E-state index contributed by atoms with van der Waals surface area (Å²) >= 11 is 0. The van der Waals surface area contributed by atoms with Crippen molar-refractivity contribution in [3.8, 4) is 0 Å². The van der Waals surface area contributed by atoms with Crippen molar-refractivity contribution in [1.82, 2.24) is 9.88 Å². The van der Waals surface area contributed by atoms with Gasteiger partial charge in [0.1, 0.15) is 11.7 Å². The van der Waals surface area contributed by atoms with Gasteiger partial charge in [-0.3, -0.25) is 14.5 Å². The number of nitrogens with one attached hydrogen (secondary N) is 1. The Hall–Kier alpha value is -2.20. The largest absolute Gasteiger partial charge is 0.401 e. The van der Waals surface area contributed by atoms with Crippen LogP contribution < -0.4 is 11.1 Å². The molecule has 0 unspecified atom stereocenters. The first-order valence-electron chi connectivity index (χ1n) is 6.71. The molecule has 0 spiro atoms. The number of pyridine rings is 1. The minimum Gasteiger partial charge on any atom is -0.378 e. The summed E-state index contributed by atoms with van der Waals surface area (Å²) in [5, 5.41) is 2.45. The number of anilines is 1. The van der Waals surface area contributed by atoms with Gasteiger partial charge < -0.3 is 15.8 Å². The standard InChI is InChI=1S/C13H15F3N4O3/c14-13(15,16)7-20-3-4-23-6-10(20)12(22)19-8-1-2-9(11(17)21)18-5-8/h1-2,5,10H,3-4,6-7H2,(H2,17,21)(H,19,22)/t10-/m0/s1. The third kappa shape index (κ3) is 4.89. The van der Waals surface area contributed by atoms with Crippen molar-refractivity contribution >= 4 is 17.5 Å². The van der Waals surface area contributed by atoms with Crippen molar-refractivity contribution in [3.05, 3.63) is 24.0 Å². The average Bonchev–Trinajstić information content (AvgIpc) is 2.46. The number of hydrogen-bond donors (Lipinski definition) is 2. The fourth-order valence-electron chi connectivity index (χ4n) is 2.14. The zero-order chi connectivity index (χ0) is 17.0. The first-order chi connectivity index (χ1) is 10.8. The monoisotopic (exact) mass is 332 g/mol. The third-order valence-corrected chi connectivity index (χ3v) is 3.21. The molecular formula is C13H15F3N4O3. The van der Waals surface area contributed by atoms with Gasteiger partial charge >= 0.3 is 6.18 Å². The highest BCUT2D eigenvalue weighted by molar-refractivity contribution is 5.95. The molecule has 1 saturated heterocycles. The van der Waals surface area contributed by atoms with Gasteiger partial charge in [0.2, 0.25) is 5.91 Å². The van der Waals surface area contributed by atoms with Crippen LogP contribution in [0, 0.1) is 0 Å². The van der Waals surface area contributed by atoms with E-state index in [0.29, 0.717) is 0 Å². The maximum Gasteiger partial charge on any atom is 0.401 e.